The molecule has 6 rings (SSSR count). The number of hydrogen-bond acceptors (Lipinski definition) is 5. The third-order valence-electron chi connectivity index (χ3n) is 10.7. The number of fused-ring (bicyclic) bond motifs is 3. The van der Waals surface area contributed by atoms with Crippen LogP contribution in [-0.2, 0) is 30.3 Å². The number of rotatable bonds is 9. The molecule has 6 heteroatoms. The average molecular weight is 865 g/mol. The smallest absolute Gasteiger partial charge is 0.219 e. The van der Waals surface area contributed by atoms with Gasteiger partial charge in [-0.1, -0.05) is 116 Å². The summed E-state index contributed by atoms with van der Waals surface area (Å²) in [6, 6.07) is 27.1. The Hall–Kier alpha value is -3.57. The minimum absolute atomic E-state index is 0. The number of allylic oxidation sites excluding steroid dienone is 2. The standard InChI is InChI=1S/C29H22NOS.C15H28O2.Ir/c1-29(2,3)25-15-19(14-18-8-4-5-9-20(18)25)26-16-23(22-12-13-31-28(22)30-26)24-17-32-27-11-7-6-10-21(24)27;1-7-14(5,8-2)12(16)11-13(17)15(6,9-3)10-4;/h4-13,15-17H,1-3H3;11,16H,7-10H2,1-6H3;/q-1;;/b;12-11-;. The number of carbonyl (C=O) groups is 1. The fourth-order valence-electron chi connectivity index (χ4n) is 6.17. The van der Waals surface area contributed by atoms with Gasteiger partial charge in [0.1, 0.15) is 5.76 Å². The molecule has 3 aromatic heterocycles. The van der Waals surface area contributed by atoms with E-state index >= 15 is 0 Å². The molecule has 1 N–H and O–H groups in total. The largest absolute Gasteiger partial charge is 0.512 e. The molecule has 0 unspecified atom stereocenters. The number of ketones is 1. The van der Waals surface area contributed by atoms with Gasteiger partial charge in [0.25, 0.3) is 0 Å². The second-order valence-electron chi connectivity index (χ2n) is 14.7. The van der Waals surface area contributed by atoms with Crippen LogP contribution in [0.2, 0.25) is 0 Å². The van der Waals surface area contributed by atoms with Gasteiger partial charge in [0.05, 0.1) is 6.26 Å². The predicted molar refractivity (Wildman–Crippen MR) is 208 cm³/mol. The Balaban J connectivity index is 0.000000269. The number of pyridine rings is 1. The Labute approximate surface area is 315 Å². The van der Waals surface area contributed by atoms with Crippen LogP contribution in [0.5, 0.6) is 0 Å². The molecule has 0 aliphatic rings. The summed E-state index contributed by atoms with van der Waals surface area (Å²) in [5, 5.41) is 17.0. The van der Waals surface area contributed by atoms with Crippen LogP contribution in [0.4, 0.5) is 0 Å². The summed E-state index contributed by atoms with van der Waals surface area (Å²) in [4.78, 5) is 17.1. The maximum atomic E-state index is 12.2. The van der Waals surface area contributed by atoms with E-state index in [1.165, 1.54) is 32.7 Å². The zero-order valence-electron chi connectivity index (χ0n) is 30.9. The van der Waals surface area contributed by atoms with Gasteiger partial charge in [0.15, 0.2) is 5.78 Å². The van der Waals surface area contributed by atoms with Crippen LogP contribution in [0.1, 0.15) is 93.6 Å². The van der Waals surface area contributed by atoms with Gasteiger partial charge in [0.2, 0.25) is 5.71 Å². The van der Waals surface area contributed by atoms with Gasteiger partial charge >= 0.3 is 0 Å². The number of furan rings is 1. The maximum absolute atomic E-state index is 12.2. The first-order valence-corrected chi connectivity index (χ1v) is 18.4. The van der Waals surface area contributed by atoms with Crippen molar-refractivity contribution < 1.29 is 34.4 Å². The number of hydrogen-bond donors (Lipinski definition) is 1. The van der Waals surface area contributed by atoms with E-state index in [0.717, 1.165) is 53.3 Å². The molecule has 6 aromatic rings. The third-order valence-corrected chi connectivity index (χ3v) is 11.6. The van der Waals surface area contributed by atoms with Crippen molar-refractivity contribution in [2.45, 2.75) is 93.4 Å². The number of aliphatic hydroxyl groups excluding tert-OH is 1. The van der Waals surface area contributed by atoms with E-state index in [1.807, 2.05) is 47.6 Å². The molecule has 0 aliphatic carbocycles. The van der Waals surface area contributed by atoms with Gasteiger partial charge in [-0.3, -0.25) is 9.78 Å². The van der Waals surface area contributed by atoms with Crippen molar-refractivity contribution in [2.24, 2.45) is 10.8 Å². The Morgan fingerprint density at radius 1 is 0.820 bits per heavy atom. The van der Waals surface area contributed by atoms with Gasteiger partial charge in [-0.25, -0.2) is 0 Å². The summed E-state index contributed by atoms with van der Waals surface area (Å²) < 4.78 is 7.08. The first kappa shape index (κ1) is 39.2. The third kappa shape index (κ3) is 7.83. The molecule has 0 bridgehead atoms. The summed E-state index contributed by atoms with van der Waals surface area (Å²) in [6.45, 7) is 18.8. The van der Waals surface area contributed by atoms with Crippen LogP contribution >= 0.6 is 11.3 Å². The monoisotopic (exact) mass is 865 g/mol. The second-order valence-corrected chi connectivity index (χ2v) is 15.6. The van der Waals surface area contributed by atoms with Crippen LogP contribution in [-0.4, -0.2) is 15.9 Å². The van der Waals surface area contributed by atoms with Crippen LogP contribution in [0.3, 0.4) is 0 Å². The number of nitrogens with zero attached hydrogens (tertiary/aromatic N) is 1. The Morgan fingerprint density at radius 2 is 1.44 bits per heavy atom. The number of thiophene rings is 1. The van der Waals surface area contributed by atoms with Crippen molar-refractivity contribution in [3.63, 3.8) is 0 Å². The molecule has 50 heavy (non-hydrogen) atoms. The molecule has 1 radical (unpaired) electrons. The van der Waals surface area contributed by atoms with Crippen LogP contribution in [0, 0.1) is 16.9 Å². The summed E-state index contributed by atoms with van der Waals surface area (Å²) in [6.07, 6.45) is 6.48. The molecule has 0 saturated heterocycles. The van der Waals surface area contributed by atoms with E-state index in [-0.39, 0.29) is 47.9 Å². The predicted octanol–water partition coefficient (Wildman–Crippen LogP) is 13.3. The number of carbonyl (C=O) groups excluding carboxylic acids is 1. The Morgan fingerprint density at radius 3 is 2.08 bits per heavy atom. The molecular formula is C44H50IrNO3S-. The molecule has 0 fully saturated rings. The van der Waals surface area contributed by atoms with Crippen molar-refractivity contribution in [1.29, 1.82) is 0 Å². The van der Waals surface area contributed by atoms with E-state index in [0.29, 0.717) is 5.71 Å². The summed E-state index contributed by atoms with van der Waals surface area (Å²) >= 11 is 1.77. The van der Waals surface area contributed by atoms with E-state index in [4.69, 9.17) is 9.40 Å². The summed E-state index contributed by atoms with van der Waals surface area (Å²) in [5.41, 5.74) is 5.60. The molecule has 3 heterocycles. The summed E-state index contributed by atoms with van der Waals surface area (Å²) in [5.74, 6) is 0.286. The van der Waals surface area contributed by atoms with E-state index in [9.17, 15) is 9.90 Å². The number of aromatic nitrogens is 1. The molecule has 0 aliphatic heterocycles. The van der Waals surface area contributed by atoms with Gasteiger partial charge in [0, 0.05) is 63.7 Å². The van der Waals surface area contributed by atoms with Crippen molar-refractivity contribution in [1.82, 2.24) is 4.98 Å². The quantitative estimate of drug-likeness (QED) is 0.0893. The zero-order chi connectivity index (χ0) is 35.6. The SMILES string of the molecule is CC(C)(C)c1cc(-c2cc(-c3csc4ccccc34)c3ccoc3n2)[c-]c2ccccc12.CCC(C)(CC)C(=O)/C=C(\O)C(C)(CC)CC.[Ir]. The van der Waals surface area contributed by atoms with Gasteiger partial charge in [-0.2, -0.15) is 0 Å². The molecule has 0 saturated carbocycles. The van der Waals surface area contributed by atoms with Crippen LogP contribution < -0.4 is 0 Å². The second kappa shape index (κ2) is 15.8. The van der Waals surface area contributed by atoms with Gasteiger partial charge in [-0.05, 0) is 54.2 Å². The number of aliphatic hydroxyl groups is 1. The minimum atomic E-state index is -0.337. The average Bonchev–Trinajstić information content (AvgIpc) is 3.77. The Bertz CT molecular complexity index is 2120. The molecule has 0 atom stereocenters. The van der Waals surface area contributed by atoms with Crippen molar-refractivity contribution in [3.05, 3.63) is 102 Å². The van der Waals surface area contributed by atoms with Gasteiger partial charge < -0.3 is 9.52 Å². The normalized spacial score (nSPS) is 12.5. The fraction of sp³-hybridized carbons (Fsp3) is 0.364. The van der Waals surface area contributed by atoms with Gasteiger partial charge in [-0.15, -0.1) is 40.5 Å². The first-order valence-electron chi connectivity index (χ1n) is 17.5. The molecule has 0 amide bonds. The van der Waals surface area contributed by atoms with E-state index in [2.05, 4.69) is 92.9 Å². The fourth-order valence-corrected chi connectivity index (χ4v) is 7.13. The molecule has 265 valence electrons. The van der Waals surface area contributed by atoms with Crippen LogP contribution in [0.15, 0.2) is 94.6 Å². The first-order chi connectivity index (χ1) is 23.3. The van der Waals surface area contributed by atoms with E-state index in [1.54, 1.807) is 17.6 Å². The molecule has 4 nitrogen and oxygen atoms in total. The van der Waals surface area contributed by atoms with Crippen LogP contribution in [0.25, 0.3) is 54.3 Å². The van der Waals surface area contributed by atoms with E-state index < -0.39 is 0 Å². The zero-order valence-corrected chi connectivity index (χ0v) is 34.1. The number of benzene rings is 3. The Kier molecular flexibility index (Phi) is 12.4. The maximum Gasteiger partial charge on any atom is 0.219 e. The van der Waals surface area contributed by atoms with Crippen molar-refractivity contribution in [3.8, 4) is 22.4 Å². The molecular weight excluding hydrogens is 815 g/mol. The molecule has 3 aromatic carbocycles. The minimum Gasteiger partial charge on any atom is -0.512 e. The van der Waals surface area contributed by atoms with Crippen molar-refractivity contribution in [2.75, 3.05) is 0 Å². The molecule has 0 spiro atoms. The topological polar surface area (TPSA) is 63.3 Å². The van der Waals surface area contributed by atoms with Crippen molar-refractivity contribution >= 4 is 49.1 Å². The summed E-state index contributed by atoms with van der Waals surface area (Å²) in [7, 11) is 0.